The topological polar surface area (TPSA) is 96.8 Å². The number of alkyl halides is 3. The number of rotatable bonds is 10. The molecule has 1 aliphatic heterocycles. The Morgan fingerprint density at radius 1 is 1.26 bits per heavy atom. The van der Waals surface area contributed by atoms with E-state index in [4.69, 9.17) is 14.6 Å². The molecule has 1 aromatic carbocycles. The second-order valence-corrected chi connectivity index (χ2v) is 7.91. The monoisotopic (exact) mass is 482 g/mol. The van der Waals surface area contributed by atoms with Gasteiger partial charge in [0.1, 0.15) is 0 Å². The van der Waals surface area contributed by atoms with E-state index >= 15 is 0 Å². The molecule has 1 saturated heterocycles. The minimum absolute atomic E-state index is 0.129. The van der Waals surface area contributed by atoms with Crippen LogP contribution in [0.25, 0.3) is 0 Å². The van der Waals surface area contributed by atoms with Crippen LogP contribution in [0.1, 0.15) is 44.6 Å². The molecule has 186 valence electrons. The van der Waals surface area contributed by atoms with E-state index in [0.717, 1.165) is 12.8 Å². The average molecular weight is 483 g/mol. The van der Waals surface area contributed by atoms with Crippen molar-refractivity contribution in [1.82, 2.24) is 9.97 Å². The Bertz CT molecular complexity index is 950. The van der Waals surface area contributed by atoms with Gasteiger partial charge < -0.3 is 24.8 Å². The number of aromatic nitrogens is 2. The quantitative estimate of drug-likeness (QED) is 0.501. The van der Waals surface area contributed by atoms with Crippen LogP contribution in [-0.4, -0.2) is 59.6 Å². The fourth-order valence-electron chi connectivity index (χ4n) is 4.08. The van der Waals surface area contributed by atoms with Crippen LogP contribution in [0.5, 0.6) is 6.01 Å². The number of hydrogen-bond donors (Lipinski definition) is 2. The first-order valence-corrected chi connectivity index (χ1v) is 11.2. The van der Waals surface area contributed by atoms with E-state index in [1.54, 1.807) is 13.0 Å². The van der Waals surface area contributed by atoms with E-state index in [1.165, 1.54) is 24.5 Å². The highest BCUT2D eigenvalue weighted by molar-refractivity contribution is 5.77. The summed E-state index contributed by atoms with van der Waals surface area (Å²) in [6.07, 6.45) is -1.19. The van der Waals surface area contributed by atoms with Gasteiger partial charge in [0.2, 0.25) is 0 Å². The molecule has 0 aliphatic carbocycles. The van der Waals surface area contributed by atoms with Crippen molar-refractivity contribution in [3.63, 3.8) is 0 Å². The van der Waals surface area contributed by atoms with Crippen molar-refractivity contribution < 1.29 is 32.5 Å². The maximum absolute atomic E-state index is 13.7. The normalized spacial score (nSPS) is 15.6. The molecule has 34 heavy (non-hydrogen) atoms. The average Bonchev–Trinajstić information content (AvgIpc) is 2.80. The molecule has 0 spiro atoms. The summed E-state index contributed by atoms with van der Waals surface area (Å²) in [5.41, 5.74) is 1.46. The molecule has 1 aliphatic rings. The summed E-state index contributed by atoms with van der Waals surface area (Å²) >= 11 is 0. The molecule has 2 N–H and O–H groups in total. The minimum Gasteiger partial charge on any atom is -0.481 e. The number of nitrogens with zero attached hydrogens (tertiary/aromatic N) is 3. The zero-order valence-electron chi connectivity index (χ0n) is 19.1. The second-order valence-electron chi connectivity index (χ2n) is 7.91. The highest BCUT2D eigenvalue weighted by Gasteiger charge is 2.42. The lowest BCUT2D eigenvalue weighted by Crippen LogP contribution is -2.39. The molecule has 0 bridgehead atoms. The van der Waals surface area contributed by atoms with Gasteiger partial charge >= 0.3 is 18.2 Å². The molecule has 8 nitrogen and oxygen atoms in total. The number of carboxylic acids is 1. The number of carbonyl (C=O) groups is 1. The van der Waals surface area contributed by atoms with Gasteiger partial charge in [-0.15, -0.1) is 0 Å². The smallest absolute Gasteiger partial charge is 0.396 e. The number of halogens is 3. The van der Waals surface area contributed by atoms with Gasteiger partial charge in [-0.1, -0.05) is 6.07 Å². The van der Waals surface area contributed by atoms with Crippen LogP contribution in [0.2, 0.25) is 0 Å². The van der Waals surface area contributed by atoms with Crippen LogP contribution in [0.15, 0.2) is 30.6 Å². The Morgan fingerprint density at radius 3 is 2.50 bits per heavy atom. The SMILES string of the molecule is CCOc1ncc(Nc2cc(C(CC(=O)O)C(F)(F)F)ccc2N(CC)C2CCOCC2)cn1. The van der Waals surface area contributed by atoms with E-state index in [0.29, 0.717) is 43.4 Å². The van der Waals surface area contributed by atoms with Crippen LogP contribution < -0.4 is 15.0 Å². The van der Waals surface area contributed by atoms with Gasteiger partial charge in [0.15, 0.2) is 0 Å². The number of benzene rings is 1. The van der Waals surface area contributed by atoms with Gasteiger partial charge in [0.25, 0.3) is 0 Å². The molecule has 2 heterocycles. The fraction of sp³-hybridized carbons (Fsp3) is 0.522. The third-order valence-corrected chi connectivity index (χ3v) is 5.66. The minimum atomic E-state index is -4.70. The van der Waals surface area contributed by atoms with E-state index < -0.39 is 24.5 Å². The van der Waals surface area contributed by atoms with E-state index in [2.05, 4.69) is 20.2 Å². The van der Waals surface area contributed by atoms with Gasteiger partial charge in [-0.25, -0.2) is 9.97 Å². The predicted molar refractivity (Wildman–Crippen MR) is 121 cm³/mol. The summed E-state index contributed by atoms with van der Waals surface area (Å²) in [6, 6.07) is 4.71. The molecule has 0 amide bonds. The molecular weight excluding hydrogens is 453 g/mol. The van der Waals surface area contributed by atoms with E-state index in [9.17, 15) is 18.0 Å². The van der Waals surface area contributed by atoms with Crippen molar-refractivity contribution in [2.75, 3.05) is 36.6 Å². The van der Waals surface area contributed by atoms with Gasteiger partial charge in [0, 0.05) is 25.8 Å². The Morgan fingerprint density at radius 2 is 1.94 bits per heavy atom. The first kappa shape index (κ1) is 25.5. The highest BCUT2D eigenvalue weighted by Crippen LogP contribution is 2.41. The third kappa shape index (κ3) is 6.49. The van der Waals surface area contributed by atoms with E-state index in [-0.39, 0.29) is 17.6 Å². The number of carboxylic acid groups (broad SMARTS) is 1. The fourth-order valence-corrected chi connectivity index (χ4v) is 4.08. The standard InChI is InChI=1S/C23H29F3N4O4/c1-3-30(17-7-9-33-10-8-17)20-6-5-15(18(12-21(31)32)23(24,25)26)11-19(20)29-16-13-27-22(28-14-16)34-4-2/h5-6,11,13-14,17-18,29H,3-4,7-10,12H2,1-2H3,(H,31,32). The van der Waals surface area contributed by atoms with Gasteiger partial charge in [0.05, 0.1) is 48.4 Å². The Labute approximate surface area is 196 Å². The van der Waals surface area contributed by atoms with Crippen molar-refractivity contribution in [2.45, 2.75) is 51.2 Å². The van der Waals surface area contributed by atoms with Gasteiger partial charge in [-0.2, -0.15) is 13.2 Å². The number of aliphatic carboxylic acids is 1. The maximum Gasteiger partial charge on any atom is 0.396 e. The third-order valence-electron chi connectivity index (χ3n) is 5.66. The molecule has 1 aromatic heterocycles. The van der Waals surface area contributed by atoms with Crippen LogP contribution in [0.4, 0.5) is 30.2 Å². The number of anilines is 3. The highest BCUT2D eigenvalue weighted by atomic mass is 19.4. The Balaban J connectivity index is 2.02. The lowest BCUT2D eigenvalue weighted by molar-refractivity contribution is -0.163. The Hall–Kier alpha value is -3.08. The lowest BCUT2D eigenvalue weighted by Gasteiger charge is -2.37. The molecule has 1 fully saturated rings. The molecule has 1 unspecified atom stereocenters. The van der Waals surface area contributed by atoms with Crippen LogP contribution in [0, 0.1) is 0 Å². The van der Waals surface area contributed by atoms with Crippen molar-refractivity contribution in [2.24, 2.45) is 0 Å². The molecule has 11 heteroatoms. The van der Waals surface area contributed by atoms with Crippen LogP contribution in [-0.2, 0) is 9.53 Å². The van der Waals surface area contributed by atoms with Crippen LogP contribution >= 0.6 is 0 Å². The summed E-state index contributed by atoms with van der Waals surface area (Å²) in [5.74, 6) is -3.65. The Kier molecular flexibility index (Phi) is 8.54. The number of nitrogens with one attached hydrogen (secondary N) is 1. The maximum atomic E-state index is 13.7. The van der Waals surface area contributed by atoms with Gasteiger partial charge in [-0.3, -0.25) is 4.79 Å². The molecule has 1 atom stereocenters. The summed E-state index contributed by atoms with van der Waals surface area (Å²) < 4.78 is 51.9. The van der Waals surface area contributed by atoms with Crippen LogP contribution in [0.3, 0.4) is 0 Å². The molecule has 2 aromatic rings. The van der Waals surface area contributed by atoms with Gasteiger partial charge in [-0.05, 0) is 44.4 Å². The van der Waals surface area contributed by atoms with Crippen molar-refractivity contribution in [3.8, 4) is 6.01 Å². The summed E-state index contributed by atoms with van der Waals surface area (Å²) in [6.45, 7) is 6.05. The molecule has 3 rings (SSSR count). The summed E-state index contributed by atoms with van der Waals surface area (Å²) in [5, 5.41) is 12.2. The zero-order chi connectivity index (χ0) is 24.7. The number of hydrogen-bond acceptors (Lipinski definition) is 7. The van der Waals surface area contributed by atoms with E-state index in [1.807, 2.05) is 6.92 Å². The second kappa shape index (κ2) is 11.4. The zero-order valence-corrected chi connectivity index (χ0v) is 19.1. The summed E-state index contributed by atoms with van der Waals surface area (Å²) in [4.78, 5) is 21.5. The first-order valence-electron chi connectivity index (χ1n) is 11.2. The van der Waals surface area contributed by atoms with Crippen molar-refractivity contribution in [1.29, 1.82) is 0 Å². The lowest BCUT2D eigenvalue weighted by atomic mass is 9.93. The summed E-state index contributed by atoms with van der Waals surface area (Å²) in [7, 11) is 0. The first-order chi connectivity index (χ1) is 16.2. The largest absolute Gasteiger partial charge is 0.481 e. The molecule has 0 saturated carbocycles. The molecular formula is C23H29F3N4O4. The van der Waals surface area contributed by atoms with Crippen molar-refractivity contribution >= 4 is 23.0 Å². The predicted octanol–water partition coefficient (Wildman–Crippen LogP) is 4.74. The van der Waals surface area contributed by atoms with Crippen molar-refractivity contribution in [3.05, 3.63) is 36.2 Å². The molecule has 0 radical (unpaired) electrons. The number of ether oxygens (including phenoxy) is 2.